The molecule has 0 radical (unpaired) electrons. The fourth-order valence-electron chi connectivity index (χ4n) is 3.60. The summed E-state index contributed by atoms with van der Waals surface area (Å²) in [7, 11) is 0. The van der Waals surface area contributed by atoms with E-state index in [2.05, 4.69) is 15.2 Å². The number of amides is 1. The molecule has 3 rings (SSSR count). The van der Waals surface area contributed by atoms with E-state index < -0.39 is 0 Å². The zero-order valence-corrected chi connectivity index (χ0v) is 15.8. The minimum Gasteiger partial charge on any atom is -0.394 e. The maximum Gasteiger partial charge on any atom is 0.255 e. The highest BCUT2D eigenvalue weighted by Crippen LogP contribution is 2.19. The summed E-state index contributed by atoms with van der Waals surface area (Å²) in [6, 6.07) is 4.20. The van der Waals surface area contributed by atoms with Crippen molar-refractivity contribution in [3.63, 3.8) is 0 Å². The number of piperidine rings is 1. The van der Waals surface area contributed by atoms with E-state index in [1.807, 2.05) is 17.0 Å². The molecule has 1 amide bonds. The Morgan fingerprint density at radius 1 is 1.22 bits per heavy atom. The number of rotatable bonds is 8. The molecular formula is C19H30N4O4. The van der Waals surface area contributed by atoms with Gasteiger partial charge in [-0.1, -0.05) is 0 Å². The highest BCUT2D eigenvalue weighted by atomic mass is 16.5. The molecule has 27 heavy (non-hydrogen) atoms. The smallest absolute Gasteiger partial charge is 0.255 e. The minimum atomic E-state index is 0.0265. The largest absolute Gasteiger partial charge is 0.394 e. The molecule has 8 nitrogen and oxygen atoms in total. The number of aliphatic hydroxyl groups is 1. The zero-order valence-electron chi connectivity index (χ0n) is 15.8. The predicted molar refractivity (Wildman–Crippen MR) is 102 cm³/mol. The number of likely N-dealkylation sites (tertiary alicyclic amines) is 1. The average Bonchev–Trinajstić information content (AvgIpc) is 2.74. The molecule has 0 saturated carbocycles. The second-order valence-electron chi connectivity index (χ2n) is 6.87. The third-order valence-corrected chi connectivity index (χ3v) is 5.11. The van der Waals surface area contributed by atoms with Crippen LogP contribution in [0.5, 0.6) is 0 Å². The van der Waals surface area contributed by atoms with Gasteiger partial charge in [-0.05, 0) is 25.0 Å². The van der Waals surface area contributed by atoms with Crippen molar-refractivity contribution in [2.75, 3.05) is 71.1 Å². The van der Waals surface area contributed by atoms with E-state index in [0.717, 1.165) is 52.2 Å². The molecule has 0 bridgehead atoms. The van der Waals surface area contributed by atoms with Gasteiger partial charge in [0.1, 0.15) is 5.82 Å². The van der Waals surface area contributed by atoms with Crippen LogP contribution in [0.4, 0.5) is 5.82 Å². The second kappa shape index (κ2) is 10.6. The standard InChI is InChI=1S/C19H30N4O4/c24-10-14-26-11-5-20-18-2-1-16(15-21-18)19(25)23-6-3-17(4-7-23)22-8-12-27-13-9-22/h1-2,15,17,24H,3-14H2,(H,20,21). The van der Waals surface area contributed by atoms with Gasteiger partial charge in [0.2, 0.25) is 0 Å². The molecule has 2 aliphatic rings. The Morgan fingerprint density at radius 3 is 2.67 bits per heavy atom. The van der Waals surface area contributed by atoms with Crippen molar-refractivity contribution in [3.8, 4) is 0 Å². The molecule has 3 heterocycles. The van der Waals surface area contributed by atoms with Gasteiger partial charge in [0.05, 0.1) is 38.6 Å². The van der Waals surface area contributed by atoms with Crippen LogP contribution in [0.2, 0.25) is 0 Å². The molecule has 2 N–H and O–H groups in total. The molecule has 0 aliphatic carbocycles. The van der Waals surface area contributed by atoms with Gasteiger partial charge in [0.15, 0.2) is 0 Å². The van der Waals surface area contributed by atoms with Crippen molar-refractivity contribution in [1.29, 1.82) is 0 Å². The summed E-state index contributed by atoms with van der Waals surface area (Å²) in [6.07, 6.45) is 3.67. The van der Waals surface area contributed by atoms with Gasteiger partial charge >= 0.3 is 0 Å². The number of aromatic nitrogens is 1. The van der Waals surface area contributed by atoms with Gasteiger partial charge in [0, 0.05) is 45.0 Å². The Hall–Kier alpha value is -1.74. The highest BCUT2D eigenvalue weighted by Gasteiger charge is 2.28. The van der Waals surface area contributed by atoms with Gasteiger partial charge in [-0.25, -0.2) is 4.98 Å². The van der Waals surface area contributed by atoms with E-state index in [-0.39, 0.29) is 12.5 Å². The fourth-order valence-corrected chi connectivity index (χ4v) is 3.60. The predicted octanol–water partition coefficient (Wildman–Crippen LogP) is 0.439. The molecule has 1 aromatic heterocycles. The third kappa shape index (κ3) is 5.87. The van der Waals surface area contributed by atoms with E-state index in [4.69, 9.17) is 14.6 Å². The minimum absolute atomic E-state index is 0.0265. The molecule has 2 fully saturated rings. The van der Waals surface area contributed by atoms with Crippen molar-refractivity contribution in [2.45, 2.75) is 18.9 Å². The highest BCUT2D eigenvalue weighted by molar-refractivity contribution is 5.94. The number of anilines is 1. The first-order valence-electron chi connectivity index (χ1n) is 9.77. The van der Waals surface area contributed by atoms with Crippen LogP contribution in [0.3, 0.4) is 0 Å². The zero-order chi connectivity index (χ0) is 18.9. The van der Waals surface area contributed by atoms with Crippen molar-refractivity contribution in [3.05, 3.63) is 23.9 Å². The molecular weight excluding hydrogens is 348 g/mol. The van der Waals surface area contributed by atoms with Crippen LogP contribution in [0, 0.1) is 0 Å². The lowest BCUT2D eigenvalue weighted by Gasteiger charge is -2.40. The number of nitrogens with one attached hydrogen (secondary N) is 1. The summed E-state index contributed by atoms with van der Waals surface area (Å²) in [5, 5.41) is 11.8. The monoisotopic (exact) mass is 378 g/mol. The molecule has 150 valence electrons. The summed E-state index contributed by atoms with van der Waals surface area (Å²) < 4.78 is 10.6. The first kappa shape index (κ1) is 20.0. The maximum atomic E-state index is 12.7. The quantitative estimate of drug-likeness (QED) is 0.635. The van der Waals surface area contributed by atoms with Crippen molar-refractivity contribution >= 4 is 11.7 Å². The van der Waals surface area contributed by atoms with E-state index in [9.17, 15) is 4.79 Å². The lowest BCUT2D eigenvalue weighted by Crippen LogP contribution is -2.50. The first-order chi connectivity index (χ1) is 13.3. The number of morpholine rings is 1. The summed E-state index contributed by atoms with van der Waals surface area (Å²) in [4.78, 5) is 21.5. The van der Waals surface area contributed by atoms with Gasteiger partial charge in [-0.2, -0.15) is 0 Å². The van der Waals surface area contributed by atoms with E-state index in [1.165, 1.54) is 0 Å². The number of hydrogen-bond acceptors (Lipinski definition) is 7. The average molecular weight is 378 g/mol. The van der Waals surface area contributed by atoms with Crippen LogP contribution >= 0.6 is 0 Å². The molecule has 2 saturated heterocycles. The van der Waals surface area contributed by atoms with Crippen LogP contribution in [-0.2, 0) is 9.47 Å². The Balaban J connectivity index is 1.42. The topological polar surface area (TPSA) is 87.2 Å². The number of pyridine rings is 1. The second-order valence-corrected chi connectivity index (χ2v) is 6.87. The normalized spacial score (nSPS) is 19.2. The van der Waals surface area contributed by atoms with Gasteiger partial charge < -0.3 is 24.8 Å². The number of ether oxygens (including phenoxy) is 2. The van der Waals surface area contributed by atoms with Crippen molar-refractivity contribution < 1.29 is 19.4 Å². The third-order valence-electron chi connectivity index (χ3n) is 5.11. The summed E-state index contributed by atoms with van der Waals surface area (Å²) in [6.45, 7) is 6.70. The van der Waals surface area contributed by atoms with E-state index >= 15 is 0 Å². The van der Waals surface area contributed by atoms with Gasteiger partial charge in [0.25, 0.3) is 5.91 Å². The van der Waals surface area contributed by atoms with Gasteiger partial charge in [-0.3, -0.25) is 9.69 Å². The first-order valence-corrected chi connectivity index (χ1v) is 9.77. The Labute approximate surface area is 160 Å². The number of hydrogen-bond donors (Lipinski definition) is 2. The molecule has 2 aliphatic heterocycles. The summed E-state index contributed by atoms with van der Waals surface area (Å²) in [5.41, 5.74) is 0.627. The van der Waals surface area contributed by atoms with Crippen molar-refractivity contribution in [1.82, 2.24) is 14.8 Å². The SMILES string of the molecule is O=C(c1ccc(NCCOCCO)nc1)N1CCC(N2CCOCC2)CC1. The molecule has 1 aromatic rings. The molecule has 0 aromatic carbocycles. The molecule has 0 unspecified atom stereocenters. The fraction of sp³-hybridized carbons (Fsp3) is 0.684. The number of carbonyl (C=O) groups excluding carboxylic acids is 1. The number of nitrogens with zero attached hydrogens (tertiary/aromatic N) is 3. The Bertz CT molecular complexity index is 570. The molecule has 0 spiro atoms. The van der Waals surface area contributed by atoms with Crippen LogP contribution in [0.1, 0.15) is 23.2 Å². The maximum absolute atomic E-state index is 12.7. The van der Waals surface area contributed by atoms with E-state index in [0.29, 0.717) is 37.2 Å². The van der Waals surface area contributed by atoms with Crippen LogP contribution in [-0.4, -0.2) is 97.6 Å². The van der Waals surface area contributed by atoms with Crippen molar-refractivity contribution in [2.24, 2.45) is 0 Å². The number of carbonyl (C=O) groups is 1. The van der Waals surface area contributed by atoms with Crippen LogP contribution in [0.15, 0.2) is 18.3 Å². The van der Waals surface area contributed by atoms with Crippen LogP contribution < -0.4 is 5.32 Å². The molecule has 0 atom stereocenters. The lowest BCUT2D eigenvalue weighted by molar-refractivity contribution is 0.00158. The summed E-state index contributed by atoms with van der Waals surface area (Å²) in [5.74, 6) is 0.769. The summed E-state index contributed by atoms with van der Waals surface area (Å²) >= 11 is 0. The van der Waals surface area contributed by atoms with Crippen LogP contribution in [0.25, 0.3) is 0 Å². The number of aliphatic hydroxyl groups excluding tert-OH is 1. The lowest BCUT2D eigenvalue weighted by atomic mass is 10.0. The Kier molecular flexibility index (Phi) is 7.82. The van der Waals surface area contributed by atoms with Gasteiger partial charge in [-0.15, -0.1) is 0 Å². The van der Waals surface area contributed by atoms with E-state index in [1.54, 1.807) is 6.20 Å². The molecule has 8 heteroatoms. The Morgan fingerprint density at radius 2 is 2.00 bits per heavy atom.